The van der Waals surface area contributed by atoms with Gasteiger partial charge in [-0.05, 0) is 57.0 Å². The molecule has 164 valence electrons. The number of hydrogen-bond donors (Lipinski definition) is 2. The summed E-state index contributed by atoms with van der Waals surface area (Å²) in [5.41, 5.74) is 1.28. The van der Waals surface area contributed by atoms with Gasteiger partial charge in [0.05, 0.1) is 7.11 Å². The van der Waals surface area contributed by atoms with Crippen molar-refractivity contribution >= 4 is 11.6 Å². The van der Waals surface area contributed by atoms with Gasteiger partial charge in [0.15, 0.2) is 5.96 Å². The lowest BCUT2D eigenvalue weighted by molar-refractivity contribution is 0.143. The minimum Gasteiger partial charge on any atom is -0.497 e. The summed E-state index contributed by atoms with van der Waals surface area (Å²) in [6, 6.07) is 8.36. The Labute approximate surface area is 176 Å². The monoisotopic (exact) mass is 405 g/mol. The summed E-state index contributed by atoms with van der Waals surface area (Å²) in [4.78, 5) is 9.29. The van der Waals surface area contributed by atoms with Gasteiger partial charge in [-0.15, -0.1) is 0 Å². The van der Waals surface area contributed by atoms with Gasteiger partial charge in [-0.3, -0.25) is 9.89 Å². The fraction of sp³-hybridized carbons (Fsp3) is 0.682. The van der Waals surface area contributed by atoms with Gasteiger partial charge in [0.25, 0.3) is 0 Å². The number of nitrogens with one attached hydrogen (secondary N) is 2. The van der Waals surface area contributed by atoms with Crippen molar-refractivity contribution in [2.24, 2.45) is 4.99 Å². The molecule has 0 aliphatic carbocycles. The maximum atomic E-state index is 5.36. The van der Waals surface area contributed by atoms with E-state index in [9.17, 15) is 0 Å². The highest BCUT2D eigenvalue weighted by Gasteiger charge is 2.16. The highest BCUT2D eigenvalue weighted by atomic mass is 16.5. The van der Waals surface area contributed by atoms with Crippen LogP contribution < -0.4 is 20.3 Å². The molecule has 1 aromatic carbocycles. The maximum Gasteiger partial charge on any atom is 0.190 e. The van der Waals surface area contributed by atoms with Gasteiger partial charge in [0, 0.05) is 65.2 Å². The molecule has 0 aromatic heterocycles. The van der Waals surface area contributed by atoms with Crippen LogP contribution >= 0.6 is 0 Å². The second-order valence-corrected chi connectivity index (χ2v) is 7.21. The topological polar surface area (TPSA) is 61.4 Å². The zero-order valence-electron chi connectivity index (χ0n) is 18.5. The molecule has 0 amide bonds. The highest BCUT2D eigenvalue weighted by molar-refractivity contribution is 5.79. The average molecular weight is 406 g/mol. The molecule has 1 heterocycles. The first-order chi connectivity index (χ1) is 14.3. The van der Waals surface area contributed by atoms with Crippen LogP contribution in [0.25, 0.3) is 0 Å². The van der Waals surface area contributed by atoms with Crippen molar-refractivity contribution in [2.45, 2.75) is 26.2 Å². The van der Waals surface area contributed by atoms with E-state index in [4.69, 9.17) is 9.47 Å². The van der Waals surface area contributed by atoms with E-state index < -0.39 is 0 Å². The van der Waals surface area contributed by atoms with Crippen molar-refractivity contribution in [3.63, 3.8) is 0 Å². The van der Waals surface area contributed by atoms with E-state index >= 15 is 0 Å². The Hall–Kier alpha value is -1.99. The molecule has 1 fully saturated rings. The number of ether oxygens (including phenoxy) is 2. The van der Waals surface area contributed by atoms with Crippen molar-refractivity contribution in [2.75, 3.05) is 78.1 Å². The number of anilines is 1. The molecular formula is C22H39N5O2. The second-order valence-electron chi connectivity index (χ2n) is 7.21. The van der Waals surface area contributed by atoms with Gasteiger partial charge in [-0.25, -0.2) is 0 Å². The molecule has 1 aliphatic heterocycles. The van der Waals surface area contributed by atoms with Gasteiger partial charge < -0.3 is 25.0 Å². The summed E-state index contributed by atoms with van der Waals surface area (Å²) < 4.78 is 10.6. The maximum absolute atomic E-state index is 5.36. The smallest absolute Gasteiger partial charge is 0.190 e. The van der Waals surface area contributed by atoms with E-state index in [-0.39, 0.29) is 0 Å². The number of rotatable bonds is 12. The predicted octanol–water partition coefficient (Wildman–Crippen LogP) is 2.19. The molecule has 0 atom stereocenters. The van der Waals surface area contributed by atoms with E-state index in [1.165, 1.54) is 5.69 Å². The normalized spacial score (nSPS) is 15.4. The van der Waals surface area contributed by atoms with Crippen LogP contribution in [0, 0.1) is 0 Å². The first kappa shape index (κ1) is 23.3. The number of guanidine groups is 1. The lowest BCUT2D eigenvalue weighted by atomic mass is 10.2. The summed E-state index contributed by atoms with van der Waals surface area (Å²) in [5.74, 6) is 1.81. The number of benzene rings is 1. The molecular weight excluding hydrogens is 366 g/mol. The van der Waals surface area contributed by atoms with E-state index in [1.807, 2.05) is 26.1 Å². The van der Waals surface area contributed by atoms with Gasteiger partial charge >= 0.3 is 0 Å². The van der Waals surface area contributed by atoms with Crippen LogP contribution in [0.15, 0.2) is 29.3 Å². The molecule has 1 aliphatic rings. The molecule has 1 saturated heterocycles. The van der Waals surface area contributed by atoms with E-state index in [0.717, 1.165) is 90.0 Å². The molecule has 0 spiro atoms. The molecule has 7 heteroatoms. The van der Waals surface area contributed by atoms with Crippen LogP contribution in [-0.4, -0.2) is 84.0 Å². The SMILES string of the molecule is CCOCCCCNC(=NC)NCCCN1CCN(c2ccc(OC)cc2)CC1. The first-order valence-corrected chi connectivity index (χ1v) is 10.9. The highest BCUT2D eigenvalue weighted by Crippen LogP contribution is 2.20. The van der Waals surface area contributed by atoms with Crippen molar-refractivity contribution in [3.8, 4) is 5.75 Å². The molecule has 2 N–H and O–H groups in total. The number of piperazine rings is 1. The zero-order valence-corrected chi connectivity index (χ0v) is 18.5. The fourth-order valence-electron chi connectivity index (χ4n) is 3.43. The van der Waals surface area contributed by atoms with Crippen LogP contribution in [0.3, 0.4) is 0 Å². The van der Waals surface area contributed by atoms with Crippen LogP contribution in [0.2, 0.25) is 0 Å². The molecule has 0 unspecified atom stereocenters. The molecule has 7 nitrogen and oxygen atoms in total. The molecule has 29 heavy (non-hydrogen) atoms. The van der Waals surface area contributed by atoms with Crippen LogP contribution in [-0.2, 0) is 4.74 Å². The van der Waals surface area contributed by atoms with Gasteiger partial charge in [0.1, 0.15) is 5.75 Å². The van der Waals surface area contributed by atoms with E-state index in [1.54, 1.807) is 7.11 Å². The number of aliphatic imine (C=N–C) groups is 1. The Morgan fingerprint density at radius 1 is 1.00 bits per heavy atom. The van der Waals surface area contributed by atoms with Gasteiger partial charge in [0.2, 0.25) is 0 Å². The van der Waals surface area contributed by atoms with Crippen molar-refractivity contribution in [1.82, 2.24) is 15.5 Å². The van der Waals surface area contributed by atoms with Gasteiger partial charge in [-0.2, -0.15) is 0 Å². The summed E-state index contributed by atoms with van der Waals surface area (Å²) in [7, 11) is 3.53. The molecule has 1 aromatic rings. The Bertz CT molecular complexity index is 571. The van der Waals surface area contributed by atoms with Crippen molar-refractivity contribution < 1.29 is 9.47 Å². The van der Waals surface area contributed by atoms with Crippen molar-refractivity contribution in [1.29, 1.82) is 0 Å². The molecule has 0 radical (unpaired) electrons. The number of unbranched alkanes of at least 4 members (excludes halogenated alkanes) is 1. The second kappa shape index (κ2) is 14.1. The third-order valence-electron chi connectivity index (χ3n) is 5.19. The third kappa shape index (κ3) is 8.92. The summed E-state index contributed by atoms with van der Waals surface area (Å²) in [6.45, 7) is 11.0. The number of hydrogen-bond acceptors (Lipinski definition) is 5. The number of nitrogens with zero attached hydrogens (tertiary/aromatic N) is 3. The average Bonchev–Trinajstić information content (AvgIpc) is 2.78. The Morgan fingerprint density at radius 3 is 2.31 bits per heavy atom. The van der Waals surface area contributed by atoms with Crippen LogP contribution in [0.1, 0.15) is 26.2 Å². The minimum atomic E-state index is 0.799. The van der Waals surface area contributed by atoms with E-state index in [2.05, 4.69) is 37.6 Å². The molecule has 2 rings (SSSR count). The van der Waals surface area contributed by atoms with Crippen LogP contribution in [0.5, 0.6) is 5.75 Å². The summed E-state index contributed by atoms with van der Waals surface area (Å²) in [5, 5.41) is 6.79. The Morgan fingerprint density at radius 2 is 1.69 bits per heavy atom. The lowest BCUT2D eigenvalue weighted by Crippen LogP contribution is -2.47. The minimum absolute atomic E-state index is 0.799. The van der Waals surface area contributed by atoms with E-state index in [0.29, 0.717) is 0 Å². The quantitative estimate of drug-likeness (QED) is 0.316. The lowest BCUT2D eigenvalue weighted by Gasteiger charge is -2.36. The molecule has 0 saturated carbocycles. The third-order valence-corrected chi connectivity index (χ3v) is 5.19. The van der Waals surface area contributed by atoms with Crippen LogP contribution in [0.4, 0.5) is 5.69 Å². The first-order valence-electron chi connectivity index (χ1n) is 10.9. The summed E-state index contributed by atoms with van der Waals surface area (Å²) >= 11 is 0. The Kier molecular flexibility index (Phi) is 11.3. The summed E-state index contributed by atoms with van der Waals surface area (Å²) in [6.07, 6.45) is 3.30. The van der Waals surface area contributed by atoms with Crippen molar-refractivity contribution in [3.05, 3.63) is 24.3 Å². The predicted molar refractivity (Wildman–Crippen MR) is 121 cm³/mol. The largest absolute Gasteiger partial charge is 0.497 e. The molecule has 0 bridgehead atoms. The Balaban J connectivity index is 1.54. The number of methoxy groups -OCH3 is 1. The fourth-order valence-corrected chi connectivity index (χ4v) is 3.43. The van der Waals surface area contributed by atoms with Gasteiger partial charge in [-0.1, -0.05) is 0 Å². The zero-order chi connectivity index (χ0) is 20.7. The standard InChI is InChI=1S/C22H39N5O2/c1-4-29-19-6-5-12-24-22(23-2)25-13-7-14-26-15-17-27(18-16-26)20-8-10-21(28-3)11-9-20/h8-11H,4-7,12-19H2,1-3H3,(H2,23,24,25).